The number of carbonyl (C=O) groups is 1. The summed E-state index contributed by atoms with van der Waals surface area (Å²) >= 11 is 5.17. The molecule has 1 aliphatic heterocycles. The van der Waals surface area contributed by atoms with Crippen LogP contribution in [0, 0.1) is 0 Å². The van der Waals surface area contributed by atoms with E-state index in [1.165, 1.54) is 6.42 Å². The monoisotopic (exact) mass is 255 g/mol. The van der Waals surface area contributed by atoms with Crippen LogP contribution in [0.1, 0.15) is 18.4 Å². The van der Waals surface area contributed by atoms with E-state index in [-0.39, 0.29) is 5.24 Å². The summed E-state index contributed by atoms with van der Waals surface area (Å²) in [6.45, 7) is 1.61. The first-order valence-electron chi connectivity index (χ1n) is 5.76. The van der Waals surface area contributed by atoms with Gasteiger partial charge in [-0.05, 0) is 30.0 Å². The van der Waals surface area contributed by atoms with Crippen LogP contribution < -0.4 is 5.73 Å². The Bertz CT molecular complexity index is 323. The van der Waals surface area contributed by atoms with Crippen molar-refractivity contribution in [3.63, 3.8) is 0 Å². The topological polar surface area (TPSA) is 52.3 Å². The van der Waals surface area contributed by atoms with Gasteiger partial charge in [0.1, 0.15) is 0 Å². The molecule has 0 aromatic heterocycles. The summed E-state index contributed by atoms with van der Waals surface area (Å²) in [4.78, 5) is 10.4. The van der Waals surface area contributed by atoms with Gasteiger partial charge in [-0.3, -0.25) is 4.79 Å². The summed E-state index contributed by atoms with van der Waals surface area (Å²) in [6, 6.07) is 9.42. The molecule has 3 nitrogen and oxygen atoms in total. The van der Waals surface area contributed by atoms with Gasteiger partial charge in [-0.2, -0.15) is 0 Å². The molecule has 4 heteroatoms. The molecule has 1 aromatic carbocycles. The van der Waals surface area contributed by atoms with Gasteiger partial charge in [-0.1, -0.05) is 30.3 Å². The van der Waals surface area contributed by atoms with Gasteiger partial charge in [0.2, 0.25) is 5.24 Å². The van der Waals surface area contributed by atoms with Crippen LogP contribution in [-0.4, -0.2) is 24.5 Å². The predicted octanol–water partition coefficient (Wildman–Crippen LogP) is 2.12. The van der Waals surface area contributed by atoms with Crippen LogP contribution in [0.25, 0.3) is 0 Å². The van der Waals surface area contributed by atoms with Gasteiger partial charge in [0.05, 0.1) is 6.10 Å². The molecule has 94 valence electrons. The highest BCUT2D eigenvalue weighted by Gasteiger charge is 2.11. The Balaban J connectivity index is 0.000000181. The number of carbonyl (C=O) groups excluding carboxylic acids is 1. The first-order valence-corrected chi connectivity index (χ1v) is 6.14. The van der Waals surface area contributed by atoms with Crippen LogP contribution >= 0.6 is 11.6 Å². The zero-order valence-electron chi connectivity index (χ0n) is 9.77. The highest BCUT2D eigenvalue weighted by atomic mass is 35.5. The first kappa shape index (κ1) is 14.2. The quantitative estimate of drug-likeness (QED) is 0.842. The third kappa shape index (κ3) is 6.41. The number of nitrogens with two attached hydrogens (primary N) is 1. The van der Waals surface area contributed by atoms with Crippen molar-refractivity contribution in [1.82, 2.24) is 0 Å². The molecule has 17 heavy (non-hydrogen) atoms. The zero-order valence-corrected chi connectivity index (χ0v) is 10.5. The lowest BCUT2D eigenvalue weighted by atomic mass is 10.2. The third-order valence-electron chi connectivity index (χ3n) is 2.47. The highest BCUT2D eigenvalue weighted by molar-refractivity contribution is 6.63. The molecule has 1 unspecified atom stereocenters. The highest BCUT2D eigenvalue weighted by Crippen LogP contribution is 2.09. The van der Waals surface area contributed by atoms with E-state index in [1.54, 1.807) is 0 Å². The molecule has 1 aromatic rings. The fourth-order valence-corrected chi connectivity index (χ4v) is 1.74. The third-order valence-corrected chi connectivity index (χ3v) is 2.61. The molecule has 0 amide bonds. The molecule has 0 radical (unpaired) electrons. The Morgan fingerprint density at radius 1 is 1.41 bits per heavy atom. The van der Waals surface area contributed by atoms with Crippen LogP contribution in [0.5, 0.6) is 0 Å². The molecule has 1 fully saturated rings. The van der Waals surface area contributed by atoms with Gasteiger partial charge >= 0.3 is 0 Å². The van der Waals surface area contributed by atoms with Gasteiger partial charge < -0.3 is 10.5 Å². The van der Waals surface area contributed by atoms with Crippen LogP contribution in [0.15, 0.2) is 30.3 Å². The fourth-order valence-electron chi connectivity index (χ4n) is 1.59. The second-order valence-corrected chi connectivity index (χ2v) is 4.31. The van der Waals surface area contributed by atoms with Gasteiger partial charge in [0.25, 0.3) is 0 Å². The molecule has 0 spiro atoms. The maximum Gasteiger partial charge on any atom is 0.226 e. The van der Waals surface area contributed by atoms with Gasteiger partial charge in [0.15, 0.2) is 0 Å². The van der Waals surface area contributed by atoms with Crippen molar-refractivity contribution in [2.24, 2.45) is 5.73 Å². The summed E-state index contributed by atoms with van der Waals surface area (Å²) in [6.07, 6.45) is 3.06. The van der Waals surface area contributed by atoms with E-state index in [1.807, 2.05) is 30.3 Å². The summed E-state index contributed by atoms with van der Waals surface area (Å²) in [7, 11) is 0. The second-order valence-electron chi connectivity index (χ2n) is 3.89. The Kier molecular flexibility index (Phi) is 6.86. The summed E-state index contributed by atoms with van der Waals surface area (Å²) < 4.78 is 5.18. The average Bonchev–Trinajstić information content (AvgIpc) is 2.83. The largest absolute Gasteiger partial charge is 0.377 e. The van der Waals surface area contributed by atoms with Crippen LogP contribution in [0.3, 0.4) is 0 Å². The lowest BCUT2D eigenvalue weighted by Gasteiger charge is -2.01. The summed E-state index contributed by atoms with van der Waals surface area (Å²) in [5.74, 6) is 0. The van der Waals surface area contributed by atoms with Crippen molar-refractivity contribution in [2.75, 3.05) is 13.2 Å². The maximum absolute atomic E-state index is 10.4. The van der Waals surface area contributed by atoms with E-state index < -0.39 is 0 Å². The first-order chi connectivity index (χ1) is 8.22. The second kappa shape index (κ2) is 8.23. The Morgan fingerprint density at radius 3 is 2.53 bits per heavy atom. The molecule has 2 rings (SSSR count). The standard InChI is InChI=1S/C8H7ClO.C5H11NO/c9-8(10)6-7-4-2-1-3-5-7;6-4-5-2-1-3-7-5/h1-5H,6H2;5H,1-4,6H2. The van der Waals surface area contributed by atoms with Crippen molar-refractivity contribution in [3.8, 4) is 0 Å². The number of hydrogen-bond acceptors (Lipinski definition) is 3. The minimum Gasteiger partial charge on any atom is -0.377 e. The number of benzene rings is 1. The molecular weight excluding hydrogens is 238 g/mol. The smallest absolute Gasteiger partial charge is 0.226 e. The average molecular weight is 256 g/mol. The maximum atomic E-state index is 10.4. The minimum absolute atomic E-state index is 0.314. The molecule has 0 saturated carbocycles. The SMILES string of the molecule is NCC1CCCO1.O=C(Cl)Cc1ccccc1. The number of ether oxygens (including phenoxy) is 1. The zero-order chi connectivity index (χ0) is 12.5. The molecule has 0 aliphatic carbocycles. The lowest BCUT2D eigenvalue weighted by molar-refractivity contribution is -0.111. The fraction of sp³-hybridized carbons (Fsp3) is 0.462. The Labute approximate surface area is 107 Å². The lowest BCUT2D eigenvalue weighted by Crippen LogP contribution is -2.17. The molecule has 1 atom stereocenters. The van der Waals surface area contributed by atoms with Crippen molar-refractivity contribution in [2.45, 2.75) is 25.4 Å². The van der Waals surface area contributed by atoms with Crippen molar-refractivity contribution in [1.29, 1.82) is 0 Å². The number of halogens is 1. The van der Waals surface area contributed by atoms with Crippen molar-refractivity contribution < 1.29 is 9.53 Å². The van der Waals surface area contributed by atoms with Gasteiger partial charge in [-0.25, -0.2) is 0 Å². The predicted molar refractivity (Wildman–Crippen MR) is 69.0 cm³/mol. The number of rotatable bonds is 3. The molecule has 2 N–H and O–H groups in total. The van der Waals surface area contributed by atoms with Gasteiger partial charge in [0, 0.05) is 19.6 Å². The van der Waals surface area contributed by atoms with E-state index >= 15 is 0 Å². The van der Waals surface area contributed by atoms with Crippen LogP contribution in [-0.2, 0) is 16.0 Å². The summed E-state index contributed by atoms with van der Waals surface area (Å²) in [5.41, 5.74) is 6.27. The molecule has 1 saturated heterocycles. The van der Waals surface area contributed by atoms with E-state index in [0.717, 1.165) is 18.6 Å². The summed E-state index contributed by atoms with van der Waals surface area (Å²) in [5, 5.41) is -0.314. The molecule has 1 aliphatic rings. The Hall–Kier alpha value is -0.900. The molecule has 0 bridgehead atoms. The molecular formula is C13H18ClNO2. The minimum atomic E-state index is -0.314. The van der Waals surface area contributed by atoms with E-state index in [9.17, 15) is 4.79 Å². The molecule has 1 heterocycles. The van der Waals surface area contributed by atoms with Crippen LogP contribution in [0.4, 0.5) is 0 Å². The normalized spacial score (nSPS) is 18.4. The Morgan fingerprint density at radius 2 is 2.12 bits per heavy atom. The van der Waals surface area contributed by atoms with Crippen LogP contribution in [0.2, 0.25) is 0 Å². The van der Waals surface area contributed by atoms with E-state index in [2.05, 4.69) is 0 Å². The van der Waals surface area contributed by atoms with Crippen molar-refractivity contribution >= 4 is 16.8 Å². The van der Waals surface area contributed by atoms with Crippen molar-refractivity contribution in [3.05, 3.63) is 35.9 Å². The van der Waals surface area contributed by atoms with E-state index in [4.69, 9.17) is 22.1 Å². The number of hydrogen-bond donors (Lipinski definition) is 1. The van der Waals surface area contributed by atoms with Gasteiger partial charge in [-0.15, -0.1) is 0 Å². The van der Waals surface area contributed by atoms with E-state index in [0.29, 0.717) is 19.1 Å².